The number of rotatable bonds is 4. The van der Waals surface area contributed by atoms with E-state index in [1.807, 2.05) is 0 Å². The van der Waals surface area contributed by atoms with E-state index >= 15 is 0 Å². The van der Waals surface area contributed by atoms with Gasteiger partial charge in [-0.05, 0) is 59.4 Å². The molecule has 0 heterocycles. The summed E-state index contributed by atoms with van der Waals surface area (Å²) in [5.74, 6) is 0.237. The lowest BCUT2D eigenvalue weighted by Gasteiger charge is -2.20. The second-order valence-corrected chi connectivity index (χ2v) is 8.18. The lowest BCUT2D eigenvalue weighted by molar-refractivity contribution is 0.452. The van der Waals surface area contributed by atoms with Crippen molar-refractivity contribution in [3.63, 3.8) is 0 Å². The molecule has 0 aromatic heterocycles. The zero-order valence-corrected chi connectivity index (χ0v) is 14.3. The highest BCUT2D eigenvalue weighted by Crippen LogP contribution is 2.29. The molecule has 106 valence electrons. The fourth-order valence-electron chi connectivity index (χ4n) is 2.42. The summed E-state index contributed by atoms with van der Waals surface area (Å²) in [6, 6.07) is 5.05. The molecule has 1 saturated carbocycles. The van der Waals surface area contributed by atoms with Crippen LogP contribution in [0.1, 0.15) is 19.3 Å². The molecule has 0 aliphatic heterocycles. The van der Waals surface area contributed by atoms with Gasteiger partial charge < -0.3 is 5.73 Å². The van der Waals surface area contributed by atoms with Gasteiger partial charge in [0.25, 0.3) is 0 Å². The Hall–Kier alpha value is 0.0500. The molecule has 1 aliphatic rings. The van der Waals surface area contributed by atoms with E-state index in [2.05, 4.69) is 36.6 Å². The maximum absolute atomic E-state index is 12.4. The molecule has 19 heavy (non-hydrogen) atoms. The number of benzene rings is 1. The largest absolute Gasteiger partial charge is 0.330 e. The highest BCUT2D eigenvalue weighted by atomic mass is 79.9. The summed E-state index contributed by atoms with van der Waals surface area (Å²) in [5, 5.41) is 0. The third-order valence-electron chi connectivity index (χ3n) is 3.45. The van der Waals surface area contributed by atoms with Gasteiger partial charge in [-0.2, -0.15) is 0 Å². The minimum absolute atomic E-state index is 0.0547. The molecule has 0 saturated heterocycles. The summed E-state index contributed by atoms with van der Waals surface area (Å²) in [4.78, 5) is 0.254. The van der Waals surface area contributed by atoms with Gasteiger partial charge in [0.05, 0.1) is 4.90 Å². The van der Waals surface area contributed by atoms with Gasteiger partial charge in [0.15, 0.2) is 0 Å². The predicted octanol–water partition coefficient (Wildman–Crippen LogP) is 2.62. The normalized spacial score (nSPS) is 23.7. The lowest BCUT2D eigenvalue weighted by atomic mass is 10.1. The predicted molar refractivity (Wildman–Crippen MR) is 82.3 cm³/mol. The first-order chi connectivity index (χ1) is 8.94. The number of halogens is 2. The van der Waals surface area contributed by atoms with Crippen LogP contribution in [0, 0.1) is 5.92 Å². The van der Waals surface area contributed by atoms with E-state index in [0.29, 0.717) is 11.0 Å². The van der Waals surface area contributed by atoms with E-state index in [0.717, 1.165) is 23.7 Å². The van der Waals surface area contributed by atoms with Crippen molar-refractivity contribution in [1.29, 1.82) is 0 Å². The van der Waals surface area contributed by atoms with Crippen LogP contribution in [-0.2, 0) is 10.0 Å². The summed E-state index contributed by atoms with van der Waals surface area (Å²) in [7, 11) is -3.52. The number of sulfonamides is 1. The Morgan fingerprint density at radius 1 is 1.32 bits per heavy atom. The molecule has 4 nitrogen and oxygen atoms in total. The third-order valence-corrected chi connectivity index (χ3v) is 6.43. The number of nitrogens with two attached hydrogens (primary N) is 1. The van der Waals surface area contributed by atoms with Crippen LogP contribution in [0.4, 0.5) is 0 Å². The quantitative estimate of drug-likeness (QED) is 0.799. The van der Waals surface area contributed by atoms with E-state index in [4.69, 9.17) is 5.73 Å². The molecule has 0 radical (unpaired) electrons. The van der Waals surface area contributed by atoms with Gasteiger partial charge in [0.1, 0.15) is 0 Å². The van der Waals surface area contributed by atoms with Crippen LogP contribution in [0.2, 0.25) is 0 Å². The smallest absolute Gasteiger partial charge is 0.241 e. The molecule has 0 spiro atoms. The maximum Gasteiger partial charge on any atom is 0.241 e. The second-order valence-electron chi connectivity index (χ2n) is 4.73. The summed E-state index contributed by atoms with van der Waals surface area (Å²) in [5.41, 5.74) is 5.68. The Kier molecular flexibility index (Phi) is 5.05. The zero-order chi connectivity index (χ0) is 14.0. The van der Waals surface area contributed by atoms with Gasteiger partial charge in [0.2, 0.25) is 10.0 Å². The van der Waals surface area contributed by atoms with Crippen LogP contribution in [0.15, 0.2) is 32.0 Å². The zero-order valence-electron chi connectivity index (χ0n) is 10.3. The van der Waals surface area contributed by atoms with Crippen molar-refractivity contribution in [2.24, 2.45) is 11.7 Å². The summed E-state index contributed by atoms with van der Waals surface area (Å²) < 4.78 is 28.9. The first-order valence-electron chi connectivity index (χ1n) is 6.11. The molecular formula is C12H16Br2N2O2S. The summed E-state index contributed by atoms with van der Waals surface area (Å²) >= 11 is 6.58. The topological polar surface area (TPSA) is 72.2 Å². The maximum atomic E-state index is 12.4. The van der Waals surface area contributed by atoms with Gasteiger partial charge in [0, 0.05) is 15.0 Å². The molecule has 1 aliphatic carbocycles. The van der Waals surface area contributed by atoms with E-state index in [-0.39, 0.29) is 16.9 Å². The Bertz CT molecular complexity index is 563. The Labute approximate surface area is 130 Å². The van der Waals surface area contributed by atoms with Crippen molar-refractivity contribution >= 4 is 41.9 Å². The molecule has 2 unspecified atom stereocenters. The van der Waals surface area contributed by atoms with Crippen LogP contribution in [0.5, 0.6) is 0 Å². The molecule has 1 fully saturated rings. The van der Waals surface area contributed by atoms with Gasteiger partial charge in [-0.1, -0.05) is 22.4 Å². The van der Waals surface area contributed by atoms with Crippen molar-refractivity contribution in [2.45, 2.75) is 30.2 Å². The molecule has 0 bridgehead atoms. The van der Waals surface area contributed by atoms with Crippen LogP contribution in [0.25, 0.3) is 0 Å². The molecule has 0 amide bonds. The molecule has 1 aromatic rings. The van der Waals surface area contributed by atoms with E-state index in [1.165, 1.54) is 0 Å². The van der Waals surface area contributed by atoms with Gasteiger partial charge in [-0.15, -0.1) is 0 Å². The second kappa shape index (κ2) is 6.22. The van der Waals surface area contributed by atoms with Crippen molar-refractivity contribution in [3.05, 3.63) is 27.1 Å². The molecule has 2 rings (SSSR count). The first-order valence-corrected chi connectivity index (χ1v) is 9.18. The SMILES string of the molecule is NCC1CCCC1NS(=O)(=O)c1cc(Br)ccc1Br. The van der Waals surface area contributed by atoms with E-state index < -0.39 is 10.0 Å². The monoisotopic (exact) mass is 410 g/mol. The standard InChI is InChI=1S/C12H16Br2N2O2S/c13-9-4-5-10(14)12(6-9)19(17,18)16-11-3-1-2-8(11)7-15/h4-6,8,11,16H,1-3,7,15H2. The van der Waals surface area contributed by atoms with Crippen LogP contribution in [-0.4, -0.2) is 21.0 Å². The molecule has 3 N–H and O–H groups in total. The summed E-state index contributed by atoms with van der Waals surface area (Å²) in [6.07, 6.45) is 2.87. The molecule has 7 heteroatoms. The first kappa shape index (κ1) is 15.4. The average Bonchev–Trinajstić information content (AvgIpc) is 2.78. The van der Waals surface area contributed by atoms with Crippen molar-refractivity contribution in [3.8, 4) is 0 Å². The van der Waals surface area contributed by atoms with Crippen LogP contribution < -0.4 is 10.5 Å². The van der Waals surface area contributed by atoms with Gasteiger partial charge in [-0.3, -0.25) is 0 Å². The van der Waals surface area contributed by atoms with Gasteiger partial charge >= 0.3 is 0 Å². The number of hydrogen-bond donors (Lipinski definition) is 2. The Balaban J connectivity index is 2.25. The van der Waals surface area contributed by atoms with E-state index in [9.17, 15) is 8.42 Å². The summed E-state index contributed by atoms with van der Waals surface area (Å²) in [6.45, 7) is 0.521. The number of hydrogen-bond acceptors (Lipinski definition) is 3. The fraction of sp³-hybridized carbons (Fsp3) is 0.500. The van der Waals surface area contributed by atoms with Crippen LogP contribution in [0.3, 0.4) is 0 Å². The highest BCUT2D eigenvalue weighted by molar-refractivity contribution is 9.11. The van der Waals surface area contributed by atoms with Crippen molar-refractivity contribution in [1.82, 2.24) is 4.72 Å². The molecule has 1 aromatic carbocycles. The third kappa shape index (κ3) is 3.58. The fourth-order valence-corrected chi connectivity index (χ4v) is 5.26. The minimum Gasteiger partial charge on any atom is -0.330 e. The van der Waals surface area contributed by atoms with Crippen LogP contribution >= 0.6 is 31.9 Å². The minimum atomic E-state index is -3.52. The van der Waals surface area contributed by atoms with Gasteiger partial charge in [-0.25, -0.2) is 13.1 Å². The van der Waals surface area contributed by atoms with E-state index in [1.54, 1.807) is 18.2 Å². The van der Waals surface area contributed by atoms with Crippen molar-refractivity contribution in [2.75, 3.05) is 6.54 Å². The highest BCUT2D eigenvalue weighted by Gasteiger charge is 2.31. The Morgan fingerprint density at radius 2 is 2.05 bits per heavy atom. The Morgan fingerprint density at radius 3 is 2.74 bits per heavy atom. The average molecular weight is 412 g/mol. The number of nitrogens with one attached hydrogen (secondary N) is 1. The molecular weight excluding hydrogens is 396 g/mol. The molecule has 2 atom stereocenters. The van der Waals surface area contributed by atoms with Crippen molar-refractivity contribution < 1.29 is 8.42 Å². The lowest BCUT2D eigenvalue weighted by Crippen LogP contribution is -2.39.